The molecule has 0 atom stereocenters. The Balaban J connectivity index is 2.06. The number of hydrogen-bond acceptors (Lipinski definition) is 2. The third-order valence-corrected chi connectivity index (χ3v) is 4.05. The van der Waals surface area contributed by atoms with Crippen LogP contribution in [0.25, 0.3) is 0 Å². The maximum absolute atomic E-state index is 12.3. The average Bonchev–Trinajstić information content (AvgIpc) is 2.86. The summed E-state index contributed by atoms with van der Waals surface area (Å²) >= 11 is 0. The third kappa shape index (κ3) is 4.07. The predicted octanol–water partition coefficient (Wildman–Crippen LogP) is 3.12. The van der Waals surface area contributed by atoms with E-state index in [9.17, 15) is 9.90 Å². The van der Waals surface area contributed by atoms with Crippen molar-refractivity contribution in [1.82, 2.24) is 4.90 Å². The summed E-state index contributed by atoms with van der Waals surface area (Å²) in [6, 6.07) is 10.0. The first-order chi connectivity index (χ1) is 9.63. The van der Waals surface area contributed by atoms with Crippen LogP contribution >= 0.6 is 0 Å². The molecule has 0 aliphatic heterocycles. The van der Waals surface area contributed by atoms with E-state index >= 15 is 0 Å². The number of amides is 1. The second-order valence-corrected chi connectivity index (χ2v) is 5.92. The standard InChI is InChI=1S/C17H25NO2/c1-2-8-16(19)18(13-15-9-4-3-5-10-15)14-17(20)11-6-7-12-17/h3-5,9-10,20H,2,6-8,11-14H2,1H3. The van der Waals surface area contributed by atoms with Gasteiger partial charge in [-0.1, -0.05) is 50.1 Å². The molecular formula is C17H25NO2. The molecule has 0 saturated heterocycles. The summed E-state index contributed by atoms with van der Waals surface area (Å²) in [6.07, 6.45) is 5.18. The third-order valence-electron chi connectivity index (χ3n) is 4.05. The zero-order valence-electron chi connectivity index (χ0n) is 12.3. The summed E-state index contributed by atoms with van der Waals surface area (Å²) in [5.74, 6) is 0.150. The summed E-state index contributed by atoms with van der Waals surface area (Å²) < 4.78 is 0. The second kappa shape index (κ2) is 6.89. The lowest BCUT2D eigenvalue weighted by Crippen LogP contribution is -2.43. The smallest absolute Gasteiger partial charge is 0.222 e. The molecule has 0 unspecified atom stereocenters. The maximum Gasteiger partial charge on any atom is 0.222 e. The van der Waals surface area contributed by atoms with Gasteiger partial charge in [0, 0.05) is 19.5 Å². The first-order valence-corrected chi connectivity index (χ1v) is 7.67. The van der Waals surface area contributed by atoms with Crippen LogP contribution in [0.1, 0.15) is 51.0 Å². The number of rotatable bonds is 6. The largest absolute Gasteiger partial charge is 0.388 e. The average molecular weight is 275 g/mol. The molecule has 3 heteroatoms. The number of aliphatic hydroxyl groups is 1. The number of hydrogen-bond donors (Lipinski definition) is 1. The highest BCUT2D eigenvalue weighted by Gasteiger charge is 2.34. The summed E-state index contributed by atoms with van der Waals surface area (Å²) in [5.41, 5.74) is 0.455. The van der Waals surface area contributed by atoms with Gasteiger partial charge < -0.3 is 10.0 Å². The van der Waals surface area contributed by atoms with Gasteiger partial charge in [-0.25, -0.2) is 0 Å². The van der Waals surface area contributed by atoms with E-state index in [0.29, 0.717) is 19.5 Å². The number of nitrogens with zero attached hydrogens (tertiary/aromatic N) is 1. The minimum Gasteiger partial charge on any atom is -0.388 e. The van der Waals surface area contributed by atoms with Gasteiger partial charge in [0.15, 0.2) is 0 Å². The first-order valence-electron chi connectivity index (χ1n) is 7.67. The van der Waals surface area contributed by atoms with Gasteiger partial charge in [-0.05, 0) is 24.8 Å². The second-order valence-electron chi connectivity index (χ2n) is 5.92. The molecule has 1 N–H and O–H groups in total. The minimum atomic E-state index is -0.668. The molecule has 20 heavy (non-hydrogen) atoms. The fourth-order valence-corrected chi connectivity index (χ4v) is 2.95. The molecule has 0 radical (unpaired) electrons. The van der Waals surface area contributed by atoms with Crippen molar-refractivity contribution in [2.24, 2.45) is 0 Å². The van der Waals surface area contributed by atoms with Crippen molar-refractivity contribution in [3.8, 4) is 0 Å². The predicted molar refractivity (Wildman–Crippen MR) is 80.2 cm³/mol. The fourth-order valence-electron chi connectivity index (χ4n) is 2.95. The monoisotopic (exact) mass is 275 g/mol. The van der Waals surface area contributed by atoms with Crippen molar-refractivity contribution in [2.45, 2.75) is 57.6 Å². The van der Waals surface area contributed by atoms with E-state index in [4.69, 9.17) is 0 Å². The van der Waals surface area contributed by atoms with Crippen molar-refractivity contribution < 1.29 is 9.90 Å². The van der Waals surface area contributed by atoms with Crippen molar-refractivity contribution in [2.75, 3.05) is 6.54 Å². The molecule has 1 saturated carbocycles. The molecule has 0 bridgehead atoms. The van der Waals surface area contributed by atoms with Gasteiger partial charge in [0.05, 0.1) is 5.60 Å². The molecule has 0 heterocycles. The molecule has 1 fully saturated rings. The first kappa shape index (κ1) is 15.0. The molecular weight excluding hydrogens is 250 g/mol. The summed E-state index contributed by atoms with van der Waals surface area (Å²) in [4.78, 5) is 14.1. The van der Waals surface area contributed by atoms with E-state index in [2.05, 4.69) is 0 Å². The molecule has 3 nitrogen and oxygen atoms in total. The Bertz CT molecular complexity index is 424. The molecule has 0 aromatic heterocycles. The Kier molecular flexibility index (Phi) is 5.18. The molecule has 1 aromatic carbocycles. The van der Waals surface area contributed by atoms with Gasteiger partial charge in [0.2, 0.25) is 5.91 Å². The Labute approximate surface area is 121 Å². The molecule has 1 aliphatic carbocycles. The summed E-state index contributed by atoms with van der Waals surface area (Å²) in [6.45, 7) is 3.09. The van der Waals surface area contributed by atoms with Crippen LogP contribution in [-0.4, -0.2) is 28.1 Å². The van der Waals surface area contributed by atoms with Crippen molar-refractivity contribution in [3.63, 3.8) is 0 Å². The van der Waals surface area contributed by atoms with Crippen LogP contribution in [0.3, 0.4) is 0 Å². The number of carbonyl (C=O) groups is 1. The van der Waals surface area contributed by atoms with Gasteiger partial charge in [0.25, 0.3) is 0 Å². The molecule has 110 valence electrons. The van der Waals surface area contributed by atoms with Crippen LogP contribution in [0.15, 0.2) is 30.3 Å². The van der Waals surface area contributed by atoms with Crippen LogP contribution in [-0.2, 0) is 11.3 Å². The molecule has 2 rings (SSSR count). The lowest BCUT2D eigenvalue weighted by molar-refractivity contribution is -0.135. The van der Waals surface area contributed by atoms with E-state index in [0.717, 1.165) is 37.7 Å². The molecule has 1 aromatic rings. The van der Waals surface area contributed by atoms with Crippen LogP contribution in [0.2, 0.25) is 0 Å². The van der Waals surface area contributed by atoms with Gasteiger partial charge in [-0.3, -0.25) is 4.79 Å². The van der Waals surface area contributed by atoms with Gasteiger partial charge in [-0.15, -0.1) is 0 Å². The minimum absolute atomic E-state index is 0.150. The van der Waals surface area contributed by atoms with Crippen molar-refractivity contribution in [1.29, 1.82) is 0 Å². The molecule has 1 aliphatic rings. The lowest BCUT2D eigenvalue weighted by Gasteiger charge is -2.31. The summed E-state index contributed by atoms with van der Waals surface area (Å²) in [7, 11) is 0. The highest BCUT2D eigenvalue weighted by atomic mass is 16.3. The lowest BCUT2D eigenvalue weighted by atomic mass is 10.0. The quantitative estimate of drug-likeness (QED) is 0.866. The van der Waals surface area contributed by atoms with Crippen LogP contribution in [0, 0.1) is 0 Å². The Hall–Kier alpha value is -1.35. The van der Waals surface area contributed by atoms with Crippen LogP contribution < -0.4 is 0 Å². The van der Waals surface area contributed by atoms with E-state index in [1.54, 1.807) is 0 Å². The van der Waals surface area contributed by atoms with E-state index in [-0.39, 0.29) is 5.91 Å². The summed E-state index contributed by atoms with van der Waals surface area (Å²) in [5, 5.41) is 10.6. The van der Waals surface area contributed by atoms with Gasteiger partial charge in [0.1, 0.15) is 0 Å². The Morgan fingerprint density at radius 1 is 1.25 bits per heavy atom. The zero-order chi connectivity index (χ0) is 14.4. The zero-order valence-corrected chi connectivity index (χ0v) is 12.3. The number of benzene rings is 1. The highest BCUT2D eigenvalue weighted by molar-refractivity contribution is 5.76. The van der Waals surface area contributed by atoms with Crippen LogP contribution in [0.4, 0.5) is 0 Å². The van der Waals surface area contributed by atoms with Crippen LogP contribution in [0.5, 0.6) is 0 Å². The van der Waals surface area contributed by atoms with Crippen molar-refractivity contribution in [3.05, 3.63) is 35.9 Å². The number of carbonyl (C=O) groups excluding carboxylic acids is 1. The van der Waals surface area contributed by atoms with E-state index in [1.807, 2.05) is 42.2 Å². The van der Waals surface area contributed by atoms with E-state index < -0.39 is 5.60 Å². The SMILES string of the molecule is CCCC(=O)N(Cc1ccccc1)CC1(O)CCCC1. The van der Waals surface area contributed by atoms with Crippen molar-refractivity contribution >= 4 is 5.91 Å². The Morgan fingerprint density at radius 2 is 1.90 bits per heavy atom. The van der Waals surface area contributed by atoms with E-state index in [1.165, 1.54) is 0 Å². The normalized spacial score (nSPS) is 17.1. The van der Waals surface area contributed by atoms with Gasteiger partial charge >= 0.3 is 0 Å². The fraction of sp³-hybridized carbons (Fsp3) is 0.588. The maximum atomic E-state index is 12.3. The molecule has 0 spiro atoms. The highest BCUT2D eigenvalue weighted by Crippen LogP contribution is 2.30. The molecule has 1 amide bonds. The Morgan fingerprint density at radius 3 is 2.50 bits per heavy atom. The van der Waals surface area contributed by atoms with Gasteiger partial charge in [-0.2, -0.15) is 0 Å². The topological polar surface area (TPSA) is 40.5 Å².